The number of nitrogens with zero attached hydrogens (tertiary/aromatic N) is 4. The Labute approximate surface area is 177 Å². The molecule has 3 aromatic rings. The van der Waals surface area contributed by atoms with E-state index in [0.717, 1.165) is 11.1 Å². The summed E-state index contributed by atoms with van der Waals surface area (Å²) >= 11 is 0. The maximum atomic E-state index is 14.5. The summed E-state index contributed by atoms with van der Waals surface area (Å²) in [4.78, 5) is 8.32. The van der Waals surface area contributed by atoms with Crippen molar-refractivity contribution in [1.82, 2.24) is 25.5 Å². The van der Waals surface area contributed by atoms with Gasteiger partial charge >= 0.3 is 0 Å². The van der Waals surface area contributed by atoms with Crippen LogP contribution in [0.15, 0.2) is 54.9 Å². The van der Waals surface area contributed by atoms with E-state index < -0.39 is 12.3 Å². The Morgan fingerprint density at radius 1 is 1.06 bits per heavy atom. The summed E-state index contributed by atoms with van der Waals surface area (Å²) in [5.41, 5.74) is 2.07. The highest BCUT2D eigenvalue weighted by molar-refractivity contribution is 5.73. The van der Waals surface area contributed by atoms with Gasteiger partial charge in [0.15, 0.2) is 12.0 Å². The topological polar surface area (TPSA) is 102 Å². The van der Waals surface area contributed by atoms with E-state index in [0.29, 0.717) is 17.9 Å². The van der Waals surface area contributed by atoms with E-state index in [1.165, 1.54) is 6.20 Å². The maximum absolute atomic E-state index is 14.5. The van der Waals surface area contributed by atoms with E-state index in [4.69, 9.17) is 9.47 Å². The van der Waals surface area contributed by atoms with Crippen LogP contribution in [0.1, 0.15) is 6.42 Å². The average molecular weight is 421 g/mol. The fraction of sp³-hybridized carbons (Fsp3) is 0.273. The number of ether oxygens (including phenoxy) is 2. The minimum atomic E-state index is -1.17. The molecule has 9 heteroatoms. The second-order valence-electron chi connectivity index (χ2n) is 7.46. The van der Waals surface area contributed by atoms with Crippen LogP contribution in [0.25, 0.3) is 22.5 Å². The number of aromatic hydroxyl groups is 1. The molecule has 2 aromatic heterocycles. The largest absolute Gasteiger partial charge is 0.507 e. The number of methoxy groups -OCH3 is 1. The number of hydrogen-bond acceptors (Lipinski definition) is 8. The second-order valence-corrected chi connectivity index (χ2v) is 7.46. The van der Waals surface area contributed by atoms with Crippen LogP contribution in [-0.2, 0) is 0 Å². The Kier molecular flexibility index (Phi) is 4.95. The molecule has 31 heavy (non-hydrogen) atoms. The summed E-state index contributed by atoms with van der Waals surface area (Å²) in [5, 5.41) is 21.7. The molecule has 4 heterocycles. The monoisotopic (exact) mass is 421 g/mol. The smallest absolute Gasteiger partial charge is 0.252 e. The lowest BCUT2D eigenvalue weighted by Crippen LogP contribution is -2.52. The lowest BCUT2D eigenvalue weighted by atomic mass is 9.99. The molecular weight excluding hydrogens is 401 g/mol. The Morgan fingerprint density at radius 2 is 1.94 bits per heavy atom. The van der Waals surface area contributed by atoms with E-state index in [1.807, 2.05) is 24.3 Å². The summed E-state index contributed by atoms with van der Waals surface area (Å²) < 4.78 is 25.3. The number of phenolic OH excluding ortho intramolecular Hbond substituents is 1. The molecule has 0 aliphatic carbocycles. The summed E-state index contributed by atoms with van der Waals surface area (Å²) in [7, 11) is 1.55. The van der Waals surface area contributed by atoms with Gasteiger partial charge in [0.2, 0.25) is 5.88 Å². The van der Waals surface area contributed by atoms with Crippen LogP contribution in [0.4, 0.5) is 4.39 Å². The molecule has 2 unspecified atom stereocenters. The number of alkyl halides is 1. The van der Waals surface area contributed by atoms with Crippen molar-refractivity contribution in [3.8, 4) is 40.0 Å². The summed E-state index contributed by atoms with van der Waals surface area (Å²) in [6.45, 7) is 0. The van der Waals surface area contributed by atoms with Gasteiger partial charge in [0.05, 0.1) is 24.9 Å². The molecule has 0 radical (unpaired) electrons. The van der Waals surface area contributed by atoms with Crippen LogP contribution in [-0.4, -0.2) is 56.7 Å². The SMILES string of the molecule is COc1cc(-c2ccc(-c3ncc(O[C@@H]4CC5C=CC(N5)[C@@H]4F)nn3)c(O)c2)ccn1. The highest BCUT2D eigenvalue weighted by Crippen LogP contribution is 2.33. The highest BCUT2D eigenvalue weighted by Gasteiger charge is 2.40. The van der Waals surface area contributed by atoms with Gasteiger partial charge in [0.25, 0.3) is 5.88 Å². The fourth-order valence-electron chi connectivity index (χ4n) is 3.88. The zero-order chi connectivity index (χ0) is 21.4. The lowest BCUT2D eigenvalue weighted by molar-refractivity contribution is 0.0472. The predicted molar refractivity (Wildman–Crippen MR) is 110 cm³/mol. The number of fused-ring (bicyclic) bond motifs is 2. The average Bonchev–Trinajstić information content (AvgIpc) is 3.21. The van der Waals surface area contributed by atoms with Crippen molar-refractivity contribution in [3.63, 3.8) is 0 Å². The molecule has 1 aromatic carbocycles. The van der Waals surface area contributed by atoms with Gasteiger partial charge in [-0.2, -0.15) is 0 Å². The van der Waals surface area contributed by atoms with Crippen LogP contribution in [0.3, 0.4) is 0 Å². The van der Waals surface area contributed by atoms with E-state index in [-0.39, 0.29) is 29.5 Å². The summed E-state index contributed by atoms with van der Waals surface area (Å²) in [6.07, 6.45) is 5.56. The normalized spacial score (nSPS) is 24.2. The standard InChI is InChI=1S/C22H20FN5O3/c1-30-19-9-13(6-7-24-19)12-2-4-15(17(29)8-12)22-25-11-20(27-28-22)31-18-10-14-3-5-16(26-14)21(18)23/h2-9,11,14,16,18,21,26,29H,10H2,1H3/t14?,16?,18-,21+/m1/s1. The van der Waals surface area contributed by atoms with Crippen molar-refractivity contribution in [2.75, 3.05) is 7.11 Å². The zero-order valence-corrected chi connectivity index (χ0v) is 16.6. The zero-order valence-electron chi connectivity index (χ0n) is 16.6. The Morgan fingerprint density at radius 3 is 2.71 bits per heavy atom. The van der Waals surface area contributed by atoms with Gasteiger partial charge in [-0.1, -0.05) is 18.2 Å². The number of halogens is 1. The molecule has 2 N–H and O–H groups in total. The van der Waals surface area contributed by atoms with Crippen molar-refractivity contribution >= 4 is 0 Å². The van der Waals surface area contributed by atoms with Crippen molar-refractivity contribution < 1.29 is 19.0 Å². The van der Waals surface area contributed by atoms with Crippen LogP contribution in [0.5, 0.6) is 17.5 Å². The first-order valence-corrected chi connectivity index (χ1v) is 9.89. The Hall–Kier alpha value is -3.59. The number of piperidine rings is 1. The van der Waals surface area contributed by atoms with Crippen molar-refractivity contribution in [1.29, 1.82) is 0 Å². The summed E-state index contributed by atoms with van der Waals surface area (Å²) in [5.74, 6) is 0.885. The van der Waals surface area contributed by atoms with E-state index >= 15 is 0 Å². The second kappa shape index (κ2) is 7.92. The third kappa shape index (κ3) is 3.79. The molecule has 0 saturated carbocycles. The lowest BCUT2D eigenvalue weighted by Gasteiger charge is -2.32. The number of pyridine rings is 1. The molecule has 158 valence electrons. The molecular formula is C22H20FN5O3. The number of nitrogens with one attached hydrogen (secondary N) is 1. The Bertz CT molecular complexity index is 1120. The van der Waals surface area contributed by atoms with E-state index in [1.54, 1.807) is 31.5 Å². The van der Waals surface area contributed by atoms with E-state index in [9.17, 15) is 9.50 Å². The highest BCUT2D eigenvalue weighted by atomic mass is 19.1. The summed E-state index contributed by atoms with van der Waals surface area (Å²) in [6, 6.07) is 8.54. The molecule has 0 amide bonds. The quantitative estimate of drug-likeness (QED) is 0.607. The minimum absolute atomic E-state index is 0.00794. The van der Waals surface area contributed by atoms with Crippen LogP contribution < -0.4 is 14.8 Å². The van der Waals surface area contributed by atoms with Gasteiger partial charge in [0.1, 0.15) is 11.9 Å². The Balaban J connectivity index is 1.32. The van der Waals surface area contributed by atoms with Gasteiger partial charge in [-0.25, -0.2) is 14.4 Å². The molecule has 2 bridgehead atoms. The fourth-order valence-corrected chi connectivity index (χ4v) is 3.88. The molecule has 5 rings (SSSR count). The molecule has 2 aliphatic heterocycles. The van der Waals surface area contributed by atoms with Crippen molar-refractivity contribution in [3.05, 3.63) is 54.9 Å². The molecule has 4 atom stereocenters. The van der Waals surface area contributed by atoms with Crippen LogP contribution in [0.2, 0.25) is 0 Å². The molecule has 1 fully saturated rings. The number of benzene rings is 1. The number of rotatable bonds is 5. The maximum Gasteiger partial charge on any atom is 0.252 e. The number of aromatic nitrogens is 4. The molecule has 0 spiro atoms. The van der Waals surface area contributed by atoms with Crippen molar-refractivity contribution in [2.24, 2.45) is 0 Å². The minimum Gasteiger partial charge on any atom is -0.507 e. The predicted octanol–water partition coefficient (Wildman–Crippen LogP) is 2.70. The van der Waals surface area contributed by atoms with Gasteiger partial charge < -0.3 is 19.9 Å². The first-order chi connectivity index (χ1) is 15.1. The van der Waals surface area contributed by atoms with Gasteiger partial charge in [0, 0.05) is 24.7 Å². The molecule has 2 aliphatic rings. The first kappa shape index (κ1) is 19.4. The third-order valence-corrected chi connectivity index (χ3v) is 5.47. The first-order valence-electron chi connectivity index (χ1n) is 9.89. The van der Waals surface area contributed by atoms with E-state index in [2.05, 4.69) is 25.5 Å². The third-order valence-electron chi connectivity index (χ3n) is 5.47. The van der Waals surface area contributed by atoms with Gasteiger partial charge in [-0.05, 0) is 29.3 Å². The van der Waals surface area contributed by atoms with Crippen LogP contribution in [0, 0.1) is 0 Å². The van der Waals surface area contributed by atoms with Crippen LogP contribution >= 0.6 is 0 Å². The number of hydrogen-bond donors (Lipinski definition) is 2. The van der Waals surface area contributed by atoms with Crippen molar-refractivity contribution in [2.45, 2.75) is 30.8 Å². The van der Waals surface area contributed by atoms with Gasteiger partial charge in [-0.15, -0.1) is 10.2 Å². The van der Waals surface area contributed by atoms with Gasteiger partial charge in [-0.3, -0.25) is 0 Å². The molecule has 8 nitrogen and oxygen atoms in total. The number of phenols is 1. The molecule has 1 saturated heterocycles.